The first-order chi connectivity index (χ1) is 8.10. The van der Waals surface area contributed by atoms with E-state index in [0.717, 1.165) is 22.3 Å². The van der Waals surface area contributed by atoms with Gasteiger partial charge < -0.3 is 15.0 Å². The molecular weight excluding hydrogens is 216 g/mol. The van der Waals surface area contributed by atoms with Crippen LogP contribution in [-0.2, 0) is 7.05 Å². The Bertz CT molecular complexity index is 585. The third-order valence-corrected chi connectivity index (χ3v) is 3.16. The number of carbonyl (C=O) groups excluding carboxylic acids is 1. The van der Waals surface area contributed by atoms with Crippen molar-refractivity contribution in [1.82, 2.24) is 4.57 Å². The second kappa shape index (κ2) is 4.22. The lowest BCUT2D eigenvalue weighted by Gasteiger charge is -2.01. The Balaban J connectivity index is 2.80. The molecule has 90 valence electrons. The molecule has 1 heterocycles. The summed E-state index contributed by atoms with van der Waals surface area (Å²) in [5.41, 5.74) is 8.10. The maximum atomic E-state index is 11.9. The van der Waals surface area contributed by atoms with Crippen LogP contribution in [0, 0.1) is 6.92 Å². The molecule has 0 aliphatic rings. The van der Waals surface area contributed by atoms with E-state index in [1.165, 1.54) is 0 Å². The number of benzene rings is 1. The topological polar surface area (TPSA) is 57.2 Å². The smallest absolute Gasteiger partial charge is 0.178 e. The monoisotopic (exact) mass is 232 g/mol. The molecule has 0 saturated heterocycles. The van der Waals surface area contributed by atoms with Gasteiger partial charge in [0, 0.05) is 29.2 Å². The zero-order valence-electron chi connectivity index (χ0n) is 10.3. The molecule has 4 nitrogen and oxygen atoms in total. The second-order valence-corrected chi connectivity index (χ2v) is 4.03. The highest BCUT2D eigenvalue weighted by molar-refractivity contribution is 6.10. The summed E-state index contributed by atoms with van der Waals surface area (Å²) in [4.78, 5) is 11.9. The molecule has 1 aromatic carbocycles. The number of fused-ring (bicyclic) bond motifs is 1. The molecule has 2 N–H and O–H groups in total. The normalized spacial score (nSPS) is 10.8. The van der Waals surface area contributed by atoms with E-state index in [2.05, 4.69) is 0 Å². The quantitative estimate of drug-likeness (QED) is 0.818. The Morgan fingerprint density at radius 3 is 2.76 bits per heavy atom. The molecule has 0 unspecified atom stereocenters. The third-order valence-electron chi connectivity index (χ3n) is 3.16. The van der Waals surface area contributed by atoms with Crippen molar-refractivity contribution in [1.29, 1.82) is 0 Å². The summed E-state index contributed by atoms with van der Waals surface area (Å²) in [5, 5.41) is 0.903. The van der Waals surface area contributed by atoms with Crippen LogP contribution in [-0.4, -0.2) is 24.0 Å². The predicted octanol–water partition coefficient (Wildman–Crippen LogP) is 1.64. The number of rotatable bonds is 3. The average molecular weight is 232 g/mol. The molecule has 0 amide bonds. The van der Waals surface area contributed by atoms with Crippen LogP contribution in [0.4, 0.5) is 0 Å². The summed E-state index contributed by atoms with van der Waals surface area (Å²) < 4.78 is 7.19. The number of Topliss-reactive ketones (excluding diaryl/α,β-unsaturated/α-hetero) is 1. The molecule has 0 aliphatic heterocycles. The van der Waals surface area contributed by atoms with Gasteiger partial charge in [0.05, 0.1) is 13.7 Å². The van der Waals surface area contributed by atoms with Gasteiger partial charge in [0.15, 0.2) is 5.78 Å². The molecule has 0 aliphatic carbocycles. The first-order valence-corrected chi connectivity index (χ1v) is 5.46. The van der Waals surface area contributed by atoms with Crippen LogP contribution in [0.25, 0.3) is 10.9 Å². The molecule has 1 aromatic heterocycles. The number of methoxy groups -OCH3 is 1. The van der Waals surface area contributed by atoms with Crippen molar-refractivity contribution in [2.45, 2.75) is 6.92 Å². The fourth-order valence-electron chi connectivity index (χ4n) is 2.13. The van der Waals surface area contributed by atoms with E-state index in [9.17, 15) is 4.79 Å². The number of hydrogen-bond acceptors (Lipinski definition) is 3. The molecule has 4 heteroatoms. The van der Waals surface area contributed by atoms with Crippen molar-refractivity contribution in [2.75, 3.05) is 13.7 Å². The lowest BCUT2D eigenvalue weighted by atomic mass is 10.1. The summed E-state index contributed by atoms with van der Waals surface area (Å²) >= 11 is 0. The van der Waals surface area contributed by atoms with Crippen molar-refractivity contribution in [3.8, 4) is 5.75 Å². The van der Waals surface area contributed by atoms with Crippen LogP contribution in [0.3, 0.4) is 0 Å². The van der Waals surface area contributed by atoms with Gasteiger partial charge in [-0.15, -0.1) is 0 Å². The number of hydrogen-bond donors (Lipinski definition) is 1. The minimum absolute atomic E-state index is 0.0250. The number of ketones is 1. The van der Waals surface area contributed by atoms with Crippen LogP contribution in [0.15, 0.2) is 18.2 Å². The third kappa shape index (κ3) is 1.70. The van der Waals surface area contributed by atoms with Crippen LogP contribution in [0.5, 0.6) is 5.75 Å². The predicted molar refractivity (Wildman–Crippen MR) is 67.6 cm³/mol. The van der Waals surface area contributed by atoms with E-state index in [4.69, 9.17) is 10.5 Å². The van der Waals surface area contributed by atoms with E-state index in [0.29, 0.717) is 5.56 Å². The van der Waals surface area contributed by atoms with Crippen molar-refractivity contribution >= 4 is 16.7 Å². The van der Waals surface area contributed by atoms with Gasteiger partial charge in [0.1, 0.15) is 5.75 Å². The highest BCUT2D eigenvalue weighted by Crippen LogP contribution is 2.28. The lowest BCUT2D eigenvalue weighted by molar-refractivity contribution is 0.100. The van der Waals surface area contributed by atoms with Gasteiger partial charge in [0.25, 0.3) is 0 Å². The molecule has 17 heavy (non-hydrogen) atoms. The molecule has 2 rings (SSSR count). The molecule has 0 radical (unpaired) electrons. The van der Waals surface area contributed by atoms with Gasteiger partial charge in [-0.1, -0.05) is 0 Å². The van der Waals surface area contributed by atoms with E-state index in [-0.39, 0.29) is 12.3 Å². The van der Waals surface area contributed by atoms with Crippen LogP contribution in [0.1, 0.15) is 16.1 Å². The molecular formula is C13H16N2O2. The maximum Gasteiger partial charge on any atom is 0.178 e. The molecule has 0 spiro atoms. The average Bonchev–Trinajstić information content (AvgIpc) is 2.60. The number of ether oxygens (including phenoxy) is 1. The molecule has 0 atom stereocenters. The summed E-state index contributed by atoms with van der Waals surface area (Å²) in [6.07, 6.45) is 0. The highest BCUT2D eigenvalue weighted by atomic mass is 16.5. The van der Waals surface area contributed by atoms with Gasteiger partial charge >= 0.3 is 0 Å². The van der Waals surface area contributed by atoms with Crippen molar-refractivity contribution in [2.24, 2.45) is 12.8 Å². The molecule has 0 fully saturated rings. The Morgan fingerprint density at radius 2 is 2.18 bits per heavy atom. The van der Waals surface area contributed by atoms with E-state index >= 15 is 0 Å². The largest absolute Gasteiger partial charge is 0.497 e. The van der Waals surface area contributed by atoms with Crippen molar-refractivity contribution < 1.29 is 9.53 Å². The SMILES string of the molecule is COc1ccc2c(c1)c(C(=O)CN)c(C)n2C. The number of aryl methyl sites for hydroxylation is 1. The zero-order valence-corrected chi connectivity index (χ0v) is 10.3. The Morgan fingerprint density at radius 1 is 1.47 bits per heavy atom. The maximum absolute atomic E-state index is 11.9. The highest BCUT2D eigenvalue weighted by Gasteiger charge is 2.17. The van der Waals surface area contributed by atoms with Crippen molar-refractivity contribution in [3.63, 3.8) is 0 Å². The van der Waals surface area contributed by atoms with Gasteiger partial charge in [-0.05, 0) is 25.1 Å². The Kier molecular flexibility index (Phi) is 2.90. The van der Waals surface area contributed by atoms with Gasteiger partial charge in [-0.2, -0.15) is 0 Å². The van der Waals surface area contributed by atoms with E-state index in [1.54, 1.807) is 7.11 Å². The van der Waals surface area contributed by atoms with E-state index < -0.39 is 0 Å². The number of carbonyl (C=O) groups is 1. The fourth-order valence-corrected chi connectivity index (χ4v) is 2.13. The fraction of sp³-hybridized carbons (Fsp3) is 0.308. The van der Waals surface area contributed by atoms with Gasteiger partial charge in [-0.25, -0.2) is 0 Å². The van der Waals surface area contributed by atoms with Crippen molar-refractivity contribution in [3.05, 3.63) is 29.5 Å². The minimum atomic E-state index is -0.0404. The summed E-state index contributed by atoms with van der Waals surface area (Å²) in [6.45, 7) is 1.95. The zero-order chi connectivity index (χ0) is 12.6. The number of aromatic nitrogens is 1. The number of nitrogens with two attached hydrogens (primary N) is 1. The molecule has 0 bridgehead atoms. The molecule has 0 saturated carbocycles. The van der Waals surface area contributed by atoms with Crippen LogP contribution >= 0.6 is 0 Å². The standard InChI is InChI=1S/C13H16N2O2/c1-8-13(12(16)7-14)10-6-9(17-3)4-5-11(10)15(8)2/h4-6H,7,14H2,1-3H3. The first-order valence-electron chi connectivity index (χ1n) is 5.46. The number of nitrogens with zero attached hydrogens (tertiary/aromatic N) is 1. The lowest BCUT2D eigenvalue weighted by Crippen LogP contribution is -2.14. The van der Waals surface area contributed by atoms with Gasteiger partial charge in [-0.3, -0.25) is 4.79 Å². The Hall–Kier alpha value is -1.81. The first kappa shape index (κ1) is 11.7. The summed E-state index contributed by atoms with van der Waals surface area (Å²) in [6, 6.07) is 5.72. The van der Waals surface area contributed by atoms with Gasteiger partial charge in [0.2, 0.25) is 0 Å². The van der Waals surface area contributed by atoms with Crippen LogP contribution in [0.2, 0.25) is 0 Å². The van der Waals surface area contributed by atoms with Crippen LogP contribution < -0.4 is 10.5 Å². The Labute approximate surface area is 100.0 Å². The summed E-state index contributed by atoms with van der Waals surface area (Å²) in [7, 11) is 3.55. The minimum Gasteiger partial charge on any atom is -0.497 e. The van der Waals surface area contributed by atoms with E-state index in [1.807, 2.05) is 36.7 Å². The summed E-state index contributed by atoms with van der Waals surface area (Å²) in [5.74, 6) is 0.704. The second-order valence-electron chi connectivity index (χ2n) is 4.03. The molecule has 2 aromatic rings.